The quantitative estimate of drug-likeness (QED) is 0.818. The fourth-order valence-corrected chi connectivity index (χ4v) is 1.90. The van der Waals surface area contributed by atoms with Crippen LogP contribution in [0.5, 0.6) is 0 Å². The summed E-state index contributed by atoms with van der Waals surface area (Å²) in [5, 5.41) is 0. The van der Waals surface area contributed by atoms with Crippen molar-refractivity contribution in [1.29, 1.82) is 0 Å². The molecule has 1 aromatic rings. The van der Waals surface area contributed by atoms with Crippen molar-refractivity contribution in [2.24, 2.45) is 5.73 Å². The standard InChI is InChI=1S/C13H22N2/c1-5-15(4)13(9-14)12-8-6-7-10(2)11(12)3/h6-8,13H,5,9,14H2,1-4H3. The average molecular weight is 206 g/mol. The summed E-state index contributed by atoms with van der Waals surface area (Å²) in [7, 11) is 2.12. The fraction of sp³-hybridized carbons (Fsp3) is 0.538. The summed E-state index contributed by atoms with van der Waals surface area (Å²) in [5.41, 5.74) is 9.93. The Morgan fingerprint density at radius 2 is 2.00 bits per heavy atom. The highest BCUT2D eigenvalue weighted by Gasteiger charge is 2.16. The highest BCUT2D eigenvalue weighted by molar-refractivity contribution is 5.35. The Bertz CT molecular complexity index is 320. The highest BCUT2D eigenvalue weighted by Crippen LogP contribution is 2.23. The van der Waals surface area contributed by atoms with Crippen LogP contribution in [0.3, 0.4) is 0 Å². The van der Waals surface area contributed by atoms with Gasteiger partial charge in [-0.25, -0.2) is 0 Å². The van der Waals surface area contributed by atoms with Crippen LogP contribution in [0.4, 0.5) is 0 Å². The van der Waals surface area contributed by atoms with Crippen molar-refractivity contribution >= 4 is 0 Å². The first kappa shape index (κ1) is 12.2. The Balaban J connectivity index is 3.07. The maximum Gasteiger partial charge on any atom is 0.0470 e. The average Bonchev–Trinajstić information content (AvgIpc) is 2.24. The van der Waals surface area contributed by atoms with Crippen molar-refractivity contribution in [1.82, 2.24) is 4.90 Å². The maximum absolute atomic E-state index is 5.86. The molecule has 0 spiro atoms. The third-order valence-corrected chi connectivity index (χ3v) is 3.26. The molecule has 1 aromatic carbocycles. The lowest BCUT2D eigenvalue weighted by Crippen LogP contribution is -2.30. The zero-order valence-corrected chi connectivity index (χ0v) is 10.2. The van der Waals surface area contributed by atoms with Gasteiger partial charge in [-0.1, -0.05) is 25.1 Å². The van der Waals surface area contributed by atoms with Crippen LogP contribution in [0.2, 0.25) is 0 Å². The Kier molecular flexibility index (Phi) is 4.30. The van der Waals surface area contributed by atoms with E-state index in [2.05, 4.69) is 50.9 Å². The summed E-state index contributed by atoms with van der Waals surface area (Å²) >= 11 is 0. The van der Waals surface area contributed by atoms with Crippen LogP contribution in [-0.4, -0.2) is 25.0 Å². The van der Waals surface area contributed by atoms with Crippen LogP contribution < -0.4 is 5.73 Å². The molecule has 1 unspecified atom stereocenters. The third-order valence-electron chi connectivity index (χ3n) is 3.26. The minimum atomic E-state index is 0.342. The van der Waals surface area contributed by atoms with Crippen LogP contribution in [0.15, 0.2) is 18.2 Å². The van der Waals surface area contributed by atoms with Crippen molar-refractivity contribution in [2.45, 2.75) is 26.8 Å². The second-order valence-corrected chi connectivity index (χ2v) is 4.11. The van der Waals surface area contributed by atoms with Crippen molar-refractivity contribution in [2.75, 3.05) is 20.1 Å². The van der Waals surface area contributed by atoms with E-state index in [1.54, 1.807) is 0 Å². The largest absolute Gasteiger partial charge is 0.329 e. The van der Waals surface area contributed by atoms with Gasteiger partial charge in [0.2, 0.25) is 0 Å². The first-order valence-electron chi connectivity index (χ1n) is 5.58. The summed E-state index contributed by atoms with van der Waals surface area (Å²) in [5.74, 6) is 0. The van der Waals surface area contributed by atoms with Gasteiger partial charge in [0.25, 0.3) is 0 Å². The van der Waals surface area contributed by atoms with E-state index in [9.17, 15) is 0 Å². The summed E-state index contributed by atoms with van der Waals surface area (Å²) in [6, 6.07) is 6.80. The van der Waals surface area contributed by atoms with Gasteiger partial charge in [0.1, 0.15) is 0 Å². The summed E-state index contributed by atoms with van der Waals surface area (Å²) in [4.78, 5) is 2.29. The number of nitrogens with two attached hydrogens (primary N) is 1. The number of benzene rings is 1. The molecule has 15 heavy (non-hydrogen) atoms. The number of nitrogens with zero attached hydrogens (tertiary/aromatic N) is 1. The van der Waals surface area contributed by atoms with Crippen molar-refractivity contribution in [3.63, 3.8) is 0 Å². The second kappa shape index (κ2) is 5.29. The molecule has 0 saturated carbocycles. The number of rotatable bonds is 4. The number of hydrogen-bond donors (Lipinski definition) is 1. The molecule has 0 aliphatic rings. The number of aryl methyl sites for hydroxylation is 1. The summed E-state index contributed by atoms with van der Waals surface area (Å²) in [6.07, 6.45) is 0. The van der Waals surface area contributed by atoms with Crippen LogP contribution in [0.25, 0.3) is 0 Å². The Morgan fingerprint density at radius 1 is 1.33 bits per heavy atom. The molecule has 2 heteroatoms. The minimum absolute atomic E-state index is 0.342. The van der Waals surface area contributed by atoms with Crippen LogP contribution in [0.1, 0.15) is 29.7 Å². The molecular weight excluding hydrogens is 184 g/mol. The zero-order chi connectivity index (χ0) is 11.4. The van der Waals surface area contributed by atoms with E-state index in [1.807, 2.05) is 0 Å². The van der Waals surface area contributed by atoms with Crippen molar-refractivity contribution in [3.05, 3.63) is 34.9 Å². The van der Waals surface area contributed by atoms with E-state index in [-0.39, 0.29) is 0 Å². The summed E-state index contributed by atoms with van der Waals surface area (Å²) in [6.45, 7) is 8.19. The van der Waals surface area contributed by atoms with Gasteiger partial charge in [0, 0.05) is 12.6 Å². The van der Waals surface area contributed by atoms with Crippen LogP contribution in [-0.2, 0) is 0 Å². The minimum Gasteiger partial charge on any atom is -0.329 e. The highest BCUT2D eigenvalue weighted by atomic mass is 15.1. The Labute approximate surface area is 93.1 Å². The molecule has 1 atom stereocenters. The molecule has 0 aliphatic carbocycles. The second-order valence-electron chi connectivity index (χ2n) is 4.11. The lowest BCUT2D eigenvalue weighted by Gasteiger charge is -2.27. The molecule has 2 N–H and O–H groups in total. The SMILES string of the molecule is CCN(C)C(CN)c1cccc(C)c1C. The van der Waals surface area contributed by atoms with Crippen molar-refractivity contribution in [3.8, 4) is 0 Å². The van der Waals surface area contributed by atoms with Gasteiger partial charge in [0.05, 0.1) is 0 Å². The zero-order valence-electron chi connectivity index (χ0n) is 10.2. The maximum atomic E-state index is 5.86. The van der Waals surface area contributed by atoms with E-state index in [4.69, 9.17) is 5.73 Å². The molecule has 0 saturated heterocycles. The topological polar surface area (TPSA) is 29.3 Å². The van der Waals surface area contributed by atoms with E-state index in [1.165, 1.54) is 16.7 Å². The first-order valence-corrected chi connectivity index (χ1v) is 5.58. The predicted molar refractivity (Wildman–Crippen MR) is 66.0 cm³/mol. The van der Waals surface area contributed by atoms with Gasteiger partial charge in [-0.3, -0.25) is 4.90 Å². The molecule has 0 aromatic heterocycles. The van der Waals surface area contributed by atoms with Gasteiger partial charge < -0.3 is 5.73 Å². The van der Waals surface area contributed by atoms with Crippen LogP contribution >= 0.6 is 0 Å². The Hall–Kier alpha value is -0.860. The molecule has 1 rings (SSSR count). The van der Waals surface area contributed by atoms with E-state index in [0.717, 1.165) is 6.54 Å². The monoisotopic (exact) mass is 206 g/mol. The first-order chi connectivity index (χ1) is 7.11. The molecule has 0 fully saturated rings. The lowest BCUT2D eigenvalue weighted by molar-refractivity contribution is 0.262. The molecule has 0 aliphatic heterocycles. The normalized spacial score (nSPS) is 13.2. The van der Waals surface area contributed by atoms with E-state index < -0.39 is 0 Å². The lowest BCUT2D eigenvalue weighted by atomic mass is 9.96. The van der Waals surface area contributed by atoms with Gasteiger partial charge >= 0.3 is 0 Å². The van der Waals surface area contributed by atoms with Gasteiger partial charge in [-0.2, -0.15) is 0 Å². The van der Waals surface area contributed by atoms with Crippen molar-refractivity contribution < 1.29 is 0 Å². The summed E-state index contributed by atoms with van der Waals surface area (Å²) < 4.78 is 0. The van der Waals surface area contributed by atoms with Gasteiger partial charge in [-0.15, -0.1) is 0 Å². The molecule has 0 radical (unpaired) electrons. The molecule has 0 bridgehead atoms. The molecule has 2 nitrogen and oxygen atoms in total. The van der Waals surface area contributed by atoms with Gasteiger partial charge in [-0.05, 0) is 44.1 Å². The number of likely N-dealkylation sites (N-methyl/N-ethyl adjacent to an activating group) is 1. The predicted octanol–water partition coefficient (Wildman–Crippen LogP) is 2.25. The third kappa shape index (κ3) is 2.58. The van der Waals surface area contributed by atoms with E-state index >= 15 is 0 Å². The molecule has 0 heterocycles. The number of hydrogen-bond acceptors (Lipinski definition) is 2. The Morgan fingerprint density at radius 3 is 2.53 bits per heavy atom. The van der Waals surface area contributed by atoms with Crippen LogP contribution in [0, 0.1) is 13.8 Å². The van der Waals surface area contributed by atoms with Gasteiger partial charge in [0.15, 0.2) is 0 Å². The molecule has 0 amide bonds. The van der Waals surface area contributed by atoms with E-state index in [0.29, 0.717) is 12.6 Å². The smallest absolute Gasteiger partial charge is 0.0470 e. The fourth-order valence-electron chi connectivity index (χ4n) is 1.90. The molecule has 84 valence electrons. The molecular formula is C13H22N2.